The second-order valence-electron chi connectivity index (χ2n) is 1.87. The summed E-state index contributed by atoms with van der Waals surface area (Å²) in [6.45, 7) is 1.73. The Kier molecular flexibility index (Phi) is 1.97. The van der Waals surface area contributed by atoms with Gasteiger partial charge in [0.1, 0.15) is 4.34 Å². The van der Waals surface area contributed by atoms with Crippen LogP contribution in [0.15, 0.2) is 5.38 Å². The lowest BCUT2D eigenvalue weighted by atomic mass is 10.2. The average molecular weight is 177 g/mol. The minimum atomic E-state index is -0.955. The van der Waals surface area contributed by atoms with Crippen molar-refractivity contribution < 1.29 is 9.90 Å². The Labute approximate surface area is 67.1 Å². The predicted octanol–water partition coefficient (Wildman–Crippen LogP) is 2.41. The Morgan fingerprint density at radius 2 is 2.40 bits per heavy atom. The highest BCUT2D eigenvalue weighted by Gasteiger charge is 2.12. The van der Waals surface area contributed by atoms with Crippen LogP contribution >= 0.6 is 22.9 Å². The molecule has 1 N–H and O–H groups in total. The zero-order chi connectivity index (χ0) is 7.72. The number of thiophene rings is 1. The molecular weight excluding hydrogens is 172 g/mol. The van der Waals surface area contributed by atoms with Gasteiger partial charge in [0.25, 0.3) is 0 Å². The SMILES string of the molecule is Cc1csc(Cl)c1C(=O)O. The fourth-order valence-electron chi connectivity index (χ4n) is 0.666. The summed E-state index contributed by atoms with van der Waals surface area (Å²) in [6, 6.07) is 0. The summed E-state index contributed by atoms with van der Waals surface area (Å²) in [4.78, 5) is 10.4. The molecule has 0 aromatic carbocycles. The van der Waals surface area contributed by atoms with E-state index in [-0.39, 0.29) is 5.56 Å². The van der Waals surface area contributed by atoms with Crippen molar-refractivity contribution in [3.8, 4) is 0 Å². The van der Waals surface area contributed by atoms with Crippen molar-refractivity contribution in [2.24, 2.45) is 0 Å². The zero-order valence-electron chi connectivity index (χ0n) is 5.22. The average Bonchev–Trinajstić information content (AvgIpc) is 2.11. The molecule has 1 aromatic heterocycles. The van der Waals surface area contributed by atoms with Crippen LogP contribution in [0.4, 0.5) is 0 Å². The quantitative estimate of drug-likeness (QED) is 0.714. The van der Waals surface area contributed by atoms with Crippen molar-refractivity contribution in [1.29, 1.82) is 0 Å². The Morgan fingerprint density at radius 3 is 2.60 bits per heavy atom. The highest BCUT2D eigenvalue weighted by atomic mass is 35.5. The normalized spacial score (nSPS) is 9.80. The second-order valence-corrected chi connectivity index (χ2v) is 3.35. The predicted molar refractivity (Wildman–Crippen MR) is 41.0 cm³/mol. The molecule has 10 heavy (non-hydrogen) atoms. The highest BCUT2D eigenvalue weighted by Crippen LogP contribution is 2.26. The van der Waals surface area contributed by atoms with Crippen molar-refractivity contribution in [3.63, 3.8) is 0 Å². The van der Waals surface area contributed by atoms with Crippen LogP contribution < -0.4 is 0 Å². The number of carboxylic acid groups (broad SMARTS) is 1. The van der Waals surface area contributed by atoms with E-state index in [1.165, 1.54) is 11.3 Å². The summed E-state index contributed by atoms with van der Waals surface area (Å²) in [7, 11) is 0. The van der Waals surface area contributed by atoms with E-state index in [0.717, 1.165) is 5.56 Å². The summed E-state index contributed by atoms with van der Waals surface area (Å²) in [5.74, 6) is -0.955. The third-order valence-corrected chi connectivity index (χ3v) is 2.48. The topological polar surface area (TPSA) is 37.3 Å². The molecular formula is C6H5ClO2S. The summed E-state index contributed by atoms with van der Waals surface area (Å²) in [6.07, 6.45) is 0. The van der Waals surface area contributed by atoms with E-state index in [0.29, 0.717) is 4.34 Å². The van der Waals surface area contributed by atoms with Gasteiger partial charge < -0.3 is 5.11 Å². The van der Waals surface area contributed by atoms with Gasteiger partial charge in [0.15, 0.2) is 0 Å². The second kappa shape index (κ2) is 2.60. The number of carbonyl (C=O) groups is 1. The molecule has 54 valence electrons. The molecule has 0 saturated carbocycles. The van der Waals surface area contributed by atoms with Crippen molar-refractivity contribution in [2.75, 3.05) is 0 Å². The van der Waals surface area contributed by atoms with Crippen LogP contribution in [0.5, 0.6) is 0 Å². The monoisotopic (exact) mass is 176 g/mol. The number of hydrogen-bond donors (Lipinski definition) is 1. The number of halogens is 1. The third-order valence-electron chi connectivity index (χ3n) is 1.14. The van der Waals surface area contributed by atoms with E-state index in [9.17, 15) is 4.79 Å². The van der Waals surface area contributed by atoms with E-state index < -0.39 is 5.97 Å². The van der Waals surface area contributed by atoms with Gasteiger partial charge >= 0.3 is 5.97 Å². The zero-order valence-corrected chi connectivity index (χ0v) is 6.79. The van der Waals surface area contributed by atoms with Crippen LogP contribution in [0.25, 0.3) is 0 Å². The molecule has 2 nitrogen and oxygen atoms in total. The summed E-state index contributed by atoms with van der Waals surface area (Å²) >= 11 is 6.82. The van der Waals surface area contributed by atoms with Crippen LogP contribution in [0.1, 0.15) is 15.9 Å². The molecule has 0 fully saturated rings. The summed E-state index contributed by atoms with van der Waals surface area (Å²) in [5, 5.41) is 10.3. The lowest BCUT2D eigenvalue weighted by molar-refractivity contribution is 0.0697. The number of aryl methyl sites for hydroxylation is 1. The summed E-state index contributed by atoms with van der Waals surface area (Å²) in [5.41, 5.74) is 0.953. The maximum atomic E-state index is 10.4. The molecule has 0 radical (unpaired) electrons. The molecule has 0 atom stereocenters. The van der Waals surface area contributed by atoms with Gasteiger partial charge in [-0.05, 0) is 17.9 Å². The summed E-state index contributed by atoms with van der Waals surface area (Å²) < 4.78 is 0.352. The largest absolute Gasteiger partial charge is 0.478 e. The highest BCUT2D eigenvalue weighted by molar-refractivity contribution is 7.15. The van der Waals surface area contributed by atoms with Crippen molar-refractivity contribution in [3.05, 3.63) is 20.8 Å². The van der Waals surface area contributed by atoms with Crippen molar-refractivity contribution in [1.82, 2.24) is 0 Å². The van der Waals surface area contributed by atoms with Crippen LogP contribution in [0.3, 0.4) is 0 Å². The fraction of sp³-hybridized carbons (Fsp3) is 0.167. The molecule has 4 heteroatoms. The van der Waals surface area contributed by atoms with Gasteiger partial charge in [0.05, 0.1) is 5.56 Å². The fourth-order valence-corrected chi connectivity index (χ4v) is 1.79. The minimum absolute atomic E-state index is 0.228. The molecule has 0 aliphatic carbocycles. The minimum Gasteiger partial charge on any atom is -0.478 e. The molecule has 0 saturated heterocycles. The molecule has 0 aliphatic rings. The van der Waals surface area contributed by atoms with E-state index in [1.54, 1.807) is 12.3 Å². The van der Waals surface area contributed by atoms with E-state index in [2.05, 4.69) is 0 Å². The van der Waals surface area contributed by atoms with Crippen LogP contribution in [-0.2, 0) is 0 Å². The molecule has 1 heterocycles. The van der Waals surface area contributed by atoms with E-state index in [1.807, 2.05) is 0 Å². The van der Waals surface area contributed by atoms with Gasteiger partial charge in [0, 0.05) is 0 Å². The Morgan fingerprint density at radius 1 is 1.80 bits per heavy atom. The standard InChI is InChI=1S/C6H5ClO2S/c1-3-2-10-5(7)4(3)6(8)9/h2H,1H3,(H,8,9). The van der Waals surface area contributed by atoms with E-state index in [4.69, 9.17) is 16.7 Å². The molecule has 0 aliphatic heterocycles. The van der Waals surface area contributed by atoms with Gasteiger partial charge in [0.2, 0.25) is 0 Å². The molecule has 1 aromatic rings. The van der Waals surface area contributed by atoms with Gasteiger partial charge in [-0.25, -0.2) is 4.79 Å². The third kappa shape index (κ3) is 1.15. The first-order chi connectivity index (χ1) is 4.63. The first-order valence-electron chi connectivity index (χ1n) is 2.60. The molecule has 0 unspecified atom stereocenters. The first kappa shape index (κ1) is 7.57. The Balaban J connectivity index is 3.23. The van der Waals surface area contributed by atoms with Crippen LogP contribution in [-0.4, -0.2) is 11.1 Å². The Bertz CT molecular complexity index is 247. The molecule has 0 amide bonds. The smallest absolute Gasteiger partial charge is 0.338 e. The first-order valence-corrected chi connectivity index (χ1v) is 3.85. The van der Waals surface area contributed by atoms with Crippen molar-refractivity contribution >= 4 is 28.9 Å². The molecule has 0 spiro atoms. The number of aromatic carboxylic acids is 1. The van der Waals surface area contributed by atoms with Gasteiger partial charge in [-0.1, -0.05) is 11.6 Å². The van der Waals surface area contributed by atoms with E-state index >= 15 is 0 Å². The maximum Gasteiger partial charge on any atom is 0.338 e. The van der Waals surface area contributed by atoms with Crippen molar-refractivity contribution in [2.45, 2.75) is 6.92 Å². The van der Waals surface area contributed by atoms with Gasteiger partial charge in [-0.2, -0.15) is 0 Å². The molecule has 0 bridgehead atoms. The number of carboxylic acids is 1. The Hall–Kier alpha value is -0.540. The van der Waals surface area contributed by atoms with Crippen LogP contribution in [0, 0.1) is 6.92 Å². The van der Waals surface area contributed by atoms with Gasteiger partial charge in [-0.15, -0.1) is 11.3 Å². The number of hydrogen-bond acceptors (Lipinski definition) is 2. The lowest BCUT2D eigenvalue weighted by Gasteiger charge is -1.89. The maximum absolute atomic E-state index is 10.4. The van der Waals surface area contributed by atoms with Gasteiger partial charge in [-0.3, -0.25) is 0 Å². The lowest BCUT2D eigenvalue weighted by Crippen LogP contribution is -1.96. The molecule has 1 rings (SSSR count). The van der Waals surface area contributed by atoms with Crippen LogP contribution in [0.2, 0.25) is 4.34 Å². The number of rotatable bonds is 1.